The second-order valence-corrected chi connectivity index (χ2v) is 8.30. The molecule has 0 spiro atoms. The zero-order valence-electron chi connectivity index (χ0n) is 16.4. The number of carbonyl (C=O) groups is 1. The van der Waals surface area contributed by atoms with Crippen molar-refractivity contribution >= 4 is 34.5 Å². The molecule has 7 heteroatoms. The van der Waals surface area contributed by atoms with Gasteiger partial charge in [0.2, 0.25) is 0 Å². The van der Waals surface area contributed by atoms with E-state index in [0.29, 0.717) is 23.0 Å². The highest BCUT2D eigenvalue weighted by Crippen LogP contribution is 2.33. The van der Waals surface area contributed by atoms with E-state index in [9.17, 15) is 4.79 Å². The predicted octanol–water partition coefficient (Wildman–Crippen LogP) is 4.74. The maximum Gasteiger partial charge on any atom is 0.265 e. The van der Waals surface area contributed by atoms with Crippen molar-refractivity contribution in [1.29, 1.82) is 0 Å². The molecule has 0 unspecified atom stereocenters. The van der Waals surface area contributed by atoms with Gasteiger partial charge in [0.25, 0.3) is 5.91 Å². The third-order valence-electron chi connectivity index (χ3n) is 5.08. The van der Waals surface area contributed by atoms with Gasteiger partial charge in [-0.15, -0.1) is 11.3 Å². The highest BCUT2D eigenvalue weighted by Gasteiger charge is 2.26. The Morgan fingerprint density at radius 3 is 2.59 bits per heavy atom. The molecule has 1 aliphatic heterocycles. The number of ether oxygens (including phenoxy) is 1. The molecule has 1 aliphatic rings. The fourth-order valence-corrected chi connectivity index (χ4v) is 4.82. The van der Waals surface area contributed by atoms with Crippen molar-refractivity contribution in [2.75, 3.05) is 38.2 Å². The Morgan fingerprint density at radius 1 is 1.10 bits per heavy atom. The minimum atomic E-state index is 0.0450. The van der Waals surface area contributed by atoms with Gasteiger partial charge in [-0.1, -0.05) is 35.9 Å². The smallest absolute Gasteiger partial charge is 0.265 e. The molecular weight excluding hydrogens is 406 g/mol. The number of hydrogen-bond acceptors (Lipinski definition) is 5. The van der Waals surface area contributed by atoms with E-state index in [-0.39, 0.29) is 5.91 Å². The molecule has 5 nitrogen and oxygen atoms in total. The van der Waals surface area contributed by atoms with Crippen LogP contribution in [-0.4, -0.2) is 49.1 Å². The minimum Gasteiger partial charge on any atom is -0.497 e. The van der Waals surface area contributed by atoms with Gasteiger partial charge in [-0.25, -0.2) is 4.98 Å². The molecule has 0 radical (unpaired) electrons. The minimum absolute atomic E-state index is 0.0450. The summed E-state index contributed by atoms with van der Waals surface area (Å²) in [6.45, 7) is 4.81. The Kier molecular flexibility index (Phi) is 5.74. The Hall–Kier alpha value is -2.57. The number of benzene rings is 2. The second-order valence-electron chi connectivity index (χ2n) is 6.89. The lowest BCUT2D eigenvalue weighted by atomic mass is 10.2. The van der Waals surface area contributed by atoms with Crippen LogP contribution >= 0.6 is 22.9 Å². The number of rotatable bonds is 4. The number of piperazine rings is 1. The molecule has 0 bridgehead atoms. The maximum absolute atomic E-state index is 13.1. The van der Waals surface area contributed by atoms with E-state index < -0.39 is 0 Å². The van der Waals surface area contributed by atoms with Gasteiger partial charge < -0.3 is 14.5 Å². The Balaban J connectivity index is 1.47. The highest BCUT2D eigenvalue weighted by atomic mass is 35.5. The van der Waals surface area contributed by atoms with E-state index in [4.69, 9.17) is 16.3 Å². The molecule has 2 heterocycles. The summed E-state index contributed by atoms with van der Waals surface area (Å²) in [5.74, 6) is 0.886. The molecule has 1 saturated heterocycles. The van der Waals surface area contributed by atoms with Crippen LogP contribution in [0.5, 0.6) is 5.75 Å². The van der Waals surface area contributed by atoms with Gasteiger partial charge in [0, 0.05) is 43.5 Å². The summed E-state index contributed by atoms with van der Waals surface area (Å²) in [6.07, 6.45) is 0. The van der Waals surface area contributed by atoms with Crippen LogP contribution in [0.25, 0.3) is 10.6 Å². The number of amides is 1. The fourth-order valence-electron chi connectivity index (χ4n) is 3.46. The normalized spacial score (nSPS) is 14.2. The Morgan fingerprint density at radius 2 is 1.86 bits per heavy atom. The number of halogens is 1. The molecule has 1 amide bonds. The standard InChI is InChI=1S/C22H22ClN3O2S/c1-15-20(29-21(24-15)18-8-3-4-9-19(18)23)22(27)26-12-10-25(11-13-26)16-6-5-7-17(14-16)28-2/h3-9,14H,10-13H2,1-2H3. The summed E-state index contributed by atoms with van der Waals surface area (Å²) in [4.78, 5) is 22.6. The van der Waals surface area contributed by atoms with Crippen molar-refractivity contribution < 1.29 is 9.53 Å². The largest absolute Gasteiger partial charge is 0.497 e. The Bertz CT molecular complexity index is 1030. The molecule has 3 aromatic rings. The van der Waals surface area contributed by atoms with Crippen LogP contribution < -0.4 is 9.64 Å². The molecule has 0 atom stereocenters. The summed E-state index contributed by atoms with van der Waals surface area (Å²) >= 11 is 7.72. The molecule has 29 heavy (non-hydrogen) atoms. The van der Waals surface area contributed by atoms with Crippen molar-refractivity contribution in [3.8, 4) is 16.3 Å². The van der Waals surface area contributed by atoms with Crippen molar-refractivity contribution in [3.05, 3.63) is 64.1 Å². The fraction of sp³-hybridized carbons (Fsp3) is 0.273. The van der Waals surface area contributed by atoms with Crippen molar-refractivity contribution in [2.45, 2.75) is 6.92 Å². The van der Waals surface area contributed by atoms with Crippen molar-refractivity contribution in [2.24, 2.45) is 0 Å². The molecule has 0 saturated carbocycles. The number of anilines is 1. The summed E-state index contributed by atoms with van der Waals surface area (Å²) < 4.78 is 5.32. The number of hydrogen-bond donors (Lipinski definition) is 0. The maximum atomic E-state index is 13.1. The monoisotopic (exact) mass is 427 g/mol. The molecule has 4 rings (SSSR count). The zero-order chi connectivity index (χ0) is 20.4. The van der Waals surface area contributed by atoms with Crippen LogP contribution in [-0.2, 0) is 0 Å². The molecule has 2 aromatic carbocycles. The van der Waals surface area contributed by atoms with Gasteiger partial charge in [-0.05, 0) is 25.1 Å². The number of aryl methyl sites for hydroxylation is 1. The lowest BCUT2D eigenvalue weighted by molar-refractivity contribution is 0.0750. The molecule has 1 fully saturated rings. The third-order valence-corrected chi connectivity index (χ3v) is 6.59. The Labute approximate surface area is 179 Å². The second kappa shape index (κ2) is 8.43. The van der Waals surface area contributed by atoms with E-state index >= 15 is 0 Å². The number of thiazole rings is 1. The molecule has 0 N–H and O–H groups in total. The summed E-state index contributed by atoms with van der Waals surface area (Å²) in [5, 5.41) is 1.43. The van der Waals surface area contributed by atoms with Crippen LogP contribution in [0.4, 0.5) is 5.69 Å². The first kappa shape index (κ1) is 19.7. The lowest BCUT2D eigenvalue weighted by Crippen LogP contribution is -2.48. The van der Waals surface area contributed by atoms with Gasteiger partial charge in [-0.2, -0.15) is 0 Å². The molecule has 150 valence electrons. The predicted molar refractivity (Wildman–Crippen MR) is 118 cm³/mol. The van der Waals surface area contributed by atoms with Crippen LogP contribution in [0.2, 0.25) is 5.02 Å². The summed E-state index contributed by atoms with van der Waals surface area (Å²) in [5.41, 5.74) is 2.74. The lowest BCUT2D eigenvalue weighted by Gasteiger charge is -2.36. The topological polar surface area (TPSA) is 45.7 Å². The van der Waals surface area contributed by atoms with E-state index in [1.54, 1.807) is 7.11 Å². The van der Waals surface area contributed by atoms with Gasteiger partial charge in [0.05, 0.1) is 17.8 Å². The SMILES string of the molecule is COc1cccc(N2CCN(C(=O)c3sc(-c4ccccc4Cl)nc3C)CC2)c1. The zero-order valence-corrected chi connectivity index (χ0v) is 18.0. The van der Waals surface area contributed by atoms with Crippen LogP contribution in [0.15, 0.2) is 48.5 Å². The number of nitrogens with zero attached hydrogens (tertiary/aromatic N) is 3. The summed E-state index contributed by atoms with van der Waals surface area (Å²) in [6, 6.07) is 15.6. The van der Waals surface area contributed by atoms with E-state index in [1.165, 1.54) is 11.3 Å². The van der Waals surface area contributed by atoms with Gasteiger partial charge >= 0.3 is 0 Å². The van der Waals surface area contributed by atoms with E-state index in [2.05, 4.69) is 16.0 Å². The first-order chi connectivity index (χ1) is 14.1. The van der Waals surface area contributed by atoms with Crippen LogP contribution in [0, 0.1) is 6.92 Å². The highest BCUT2D eigenvalue weighted by molar-refractivity contribution is 7.17. The van der Waals surface area contributed by atoms with Crippen LogP contribution in [0.3, 0.4) is 0 Å². The van der Waals surface area contributed by atoms with Crippen molar-refractivity contribution in [1.82, 2.24) is 9.88 Å². The molecule has 0 aliphatic carbocycles. The van der Waals surface area contributed by atoms with Gasteiger partial charge in [0.15, 0.2) is 0 Å². The first-order valence-corrected chi connectivity index (χ1v) is 10.7. The van der Waals surface area contributed by atoms with Gasteiger partial charge in [0.1, 0.15) is 15.6 Å². The first-order valence-electron chi connectivity index (χ1n) is 9.47. The number of methoxy groups -OCH3 is 1. The molecule has 1 aromatic heterocycles. The van der Waals surface area contributed by atoms with Crippen molar-refractivity contribution in [3.63, 3.8) is 0 Å². The third kappa shape index (κ3) is 4.09. The molecular formula is C22H22ClN3O2S. The summed E-state index contributed by atoms with van der Waals surface area (Å²) in [7, 11) is 1.67. The van der Waals surface area contributed by atoms with E-state index in [0.717, 1.165) is 40.8 Å². The number of carbonyl (C=O) groups excluding carboxylic acids is 1. The average molecular weight is 428 g/mol. The van der Waals surface area contributed by atoms with E-state index in [1.807, 2.05) is 54.3 Å². The average Bonchev–Trinajstić information content (AvgIpc) is 3.15. The van der Waals surface area contributed by atoms with Crippen LogP contribution in [0.1, 0.15) is 15.4 Å². The quantitative estimate of drug-likeness (QED) is 0.603. The number of aromatic nitrogens is 1. The van der Waals surface area contributed by atoms with Gasteiger partial charge in [-0.3, -0.25) is 4.79 Å².